The van der Waals surface area contributed by atoms with E-state index in [0.29, 0.717) is 0 Å². The van der Waals surface area contributed by atoms with Gasteiger partial charge in [-0.25, -0.2) is 3.63 Å². The third kappa shape index (κ3) is 8.37. The zero-order valence-corrected chi connectivity index (χ0v) is 26.8. The molecule has 0 radical (unpaired) electrons. The van der Waals surface area contributed by atoms with Crippen LogP contribution in [0.25, 0.3) is 0 Å². The lowest BCUT2D eigenvalue weighted by Gasteiger charge is -2.39. The molecule has 3 nitrogen and oxygen atoms in total. The van der Waals surface area contributed by atoms with Gasteiger partial charge >= 0.3 is 10.1 Å². The Hall–Kier alpha value is -2.86. The van der Waals surface area contributed by atoms with E-state index in [1.54, 1.807) is 12.1 Å². The van der Waals surface area contributed by atoms with Crippen LogP contribution in [0.3, 0.4) is 0 Å². The van der Waals surface area contributed by atoms with Crippen molar-refractivity contribution >= 4 is 20.4 Å². The Labute approximate surface area is 256 Å². The molecular weight excluding hydrogens is 557 g/mol. The fraction of sp³-hybridized carbons (Fsp3) is 0.351. The summed E-state index contributed by atoms with van der Waals surface area (Å²) in [5, 5.41) is 0. The first-order valence-corrected chi connectivity index (χ1v) is 18.5. The minimum Gasteiger partial charge on any atom is -0.203 e. The van der Waals surface area contributed by atoms with Crippen LogP contribution in [-0.4, -0.2) is 8.42 Å². The molecule has 0 unspecified atom stereocenters. The number of hydrogen-bond donors (Lipinski definition) is 0. The Morgan fingerprint density at radius 2 is 0.976 bits per heavy atom. The summed E-state index contributed by atoms with van der Waals surface area (Å²) in [7, 11) is -6.73. The van der Waals surface area contributed by atoms with Crippen molar-refractivity contribution in [3.8, 4) is 0 Å². The molecule has 4 rings (SSSR count). The Bertz CT molecular complexity index is 1410. The molecule has 0 fully saturated rings. The summed E-state index contributed by atoms with van der Waals surface area (Å²) < 4.78 is 35.3. The lowest BCUT2D eigenvalue weighted by molar-refractivity contribution is 0.506. The third-order valence-corrected chi connectivity index (χ3v) is 13.0. The molecule has 0 amide bonds. The second-order valence-corrected chi connectivity index (χ2v) is 15.5. The summed E-state index contributed by atoms with van der Waals surface area (Å²) >= 11 is 0. The maximum atomic E-state index is 14.3. The van der Waals surface area contributed by atoms with Crippen LogP contribution in [0.1, 0.15) is 82.3 Å². The van der Waals surface area contributed by atoms with Crippen molar-refractivity contribution in [2.24, 2.45) is 0 Å². The Morgan fingerprint density at radius 1 is 0.524 bits per heavy atom. The molecule has 42 heavy (non-hydrogen) atoms. The molecular formula is C37H46O3S2. The minimum absolute atomic E-state index is 0.275. The summed E-state index contributed by atoms with van der Waals surface area (Å²) in [5.74, 6) is 0. The molecule has 0 N–H and O–H groups in total. The van der Waals surface area contributed by atoms with E-state index in [1.165, 1.54) is 51.4 Å². The molecule has 224 valence electrons. The summed E-state index contributed by atoms with van der Waals surface area (Å²) in [5.41, 5.74) is 1.94. The Balaban J connectivity index is 1.59. The van der Waals surface area contributed by atoms with Gasteiger partial charge in [-0.3, -0.25) is 0 Å². The number of unbranched alkanes of at least 4 members (excludes halogenated alkanes) is 9. The number of hydrogen-bond acceptors (Lipinski definition) is 3. The molecule has 5 heteroatoms. The van der Waals surface area contributed by atoms with E-state index < -0.39 is 20.4 Å². The van der Waals surface area contributed by atoms with Crippen LogP contribution >= 0.6 is 10.3 Å². The van der Waals surface area contributed by atoms with E-state index in [4.69, 9.17) is 3.63 Å². The second kappa shape index (κ2) is 16.1. The van der Waals surface area contributed by atoms with E-state index in [2.05, 4.69) is 6.92 Å². The van der Waals surface area contributed by atoms with Crippen LogP contribution in [0, 0.1) is 6.92 Å². The molecule has 0 bridgehead atoms. The van der Waals surface area contributed by atoms with Crippen LogP contribution in [-0.2, 0) is 20.2 Å². The summed E-state index contributed by atoms with van der Waals surface area (Å²) in [4.78, 5) is 2.81. The molecule has 4 aromatic carbocycles. The van der Waals surface area contributed by atoms with Crippen molar-refractivity contribution < 1.29 is 12.0 Å². The monoisotopic (exact) mass is 602 g/mol. The van der Waals surface area contributed by atoms with Gasteiger partial charge in [0.1, 0.15) is 0 Å². The van der Waals surface area contributed by atoms with Crippen molar-refractivity contribution in [3.63, 3.8) is 0 Å². The molecule has 0 atom stereocenters. The molecule has 4 aromatic rings. The first-order valence-electron chi connectivity index (χ1n) is 15.5. The molecule has 0 saturated carbocycles. The van der Waals surface area contributed by atoms with Crippen molar-refractivity contribution in [1.29, 1.82) is 0 Å². The molecule has 0 spiro atoms. The molecule has 0 aliphatic heterocycles. The maximum Gasteiger partial charge on any atom is 0.307 e. The quantitative estimate of drug-likeness (QED) is 0.113. The fourth-order valence-electron chi connectivity index (χ4n) is 5.41. The van der Waals surface area contributed by atoms with Gasteiger partial charge in [-0.05, 0) is 78.1 Å². The van der Waals surface area contributed by atoms with Gasteiger partial charge in [-0.2, -0.15) is 8.42 Å². The van der Waals surface area contributed by atoms with Crippen molar-refractivity contribution in [3.05, 3.63) is 120 Å². The lowest BCUT2D eigenvalue weighted by Crippen LogP contribution is -2.16. The van der Waals surface area contributed by atoms with Crippen LogP contribution in [0.15, 0.2) is 129 Å². The van der Waals surface area contributed by atoms with Crippen molar-refractivity contribution in [2.75, 3.05) is 0 Å². The highest BCUT2D eigenvalue weighted by molar-refractivity contribution is 8.33. The number of rotatable bonds is 17. The summed E-state index contributed by atoms with van der Waals surface area (Å²) in [6.07, 6.45) is 13.2. The van der Waals surface area contributed by atoms with Crippen LogP contribution in [0.2, 0.25) is 0 Å². The third-order valence-electron chi connectivity index (χ3n) is 7.74. The Kier molecular flexibility index (Phi) is 12.3. The van der Waals surface area contributed by atoms with Gasteiger partial charge in [0.05, 0.1) is 4.90 Å². The Morgan fingerprint density at radius 3 is 1.52 bits per heavy atom. The SMILES string of the molecule is CCCCCCCCCCCCc1ccccc1S(=O)(=O)OS(c1ccccc1)(c1ccccc1)c1ccc(C)cc1. The van der Waals surface area contributed by atoms with Gasteiger partial charge < -0.3 is 0 Å². The summed E-state index contributed by atoms with van der Waals surface area (Å²) in [6, 6.07) is 35.1. The number of aryl methyl sites for hydroxylation is 2. The highest BCUT2D eigenvalue weighted by Gasteiger charge is 2.38. The lowest BCUT2D eigenvalue weighted by atomic mass is 10.0. The second-order valence-electron chi connectivity index (χ2n) is 11.1. The van der Waals surface area contributed by atoms with Gasteiger partial charge in [0.2, 0.25) is 0 Å². The van der Waals surface area contributed by atoms with E-state index in [-0.39, 0.29) is 4.90 Å². The van der Waals surface area contributed by atoms with Crippen LogP contribution in [0.4, 0.5) is 0 Å². The topological polar surface area (TPSA) is 43.4 Å². The van der Waals surface area contributed by atoms with Gasteiger partial charge in [-0.1, -0.05) is 137 Å². The zero-order valence-electron chi connectivity index (χ0n) is 25.2. The minimum atomic E-state index is -4.13. The van der Waals surface area contributed by atoms with E-state index >= 15 is 0 Å². The smallest absolute Gasteiger partial charge is 0.203 e. The van der Waals surface area contributed by atoms with Gasteiger partial charge in [-0.15, -0.1) is 0 Å². The molecule has 0 aliphatic carbocycles. The fourth-order valence-corrected chi connectivity index (χ4v) is 10.9. The highest BCUT2D eigenvalue weighted by atomic mass is 32.3. The number of benzene rings is 4. The van der Waals surface area contributed by atoms with Gasteiger partial charge in [0.25, 0.3) is 0 Å². The first-order chi connectivity index (χ1) is 20.5. The maximum absolute atomic E-state index is 14.3. The van der Waals surface area contributed by atoms with Gasteiger partial charge in [0, 0.05) is 14.7 Å². The first kappa shape index (κ1) is 32.1. The molecule has 0 saturated heterocycles. The van der Waals surface area contributed by atoms with E-state index in [1.807, 2.05) is 104 Å². The zero-order chi connectivity index (χ0) is 29.7. The normalized spacial score (nSPS) is 12.3. The molecule has 0 aliphatic rings. The predicted molar refractivity (Wildman–Crippen MR) is 177 cm³/mol. The average Bonchev–Trinajstić information content (AvgIpc) is 3.02. The molecule has 0 aromatic heterocycles. The highest BCUT2D eigenvalue weighted by Crippen LogP contribution is 2.70. The largest absolute Gasteiger partial charge is 0.307 e. The van der Waals surface area contributed by atoms with E-state index in [0.717, 1.165) is 45.1 Å². The predicted octanol–water partition coefficient (Wildman–Crippen LogP) is 11.1. The van der Waals surface area contributed by atoms with Crippen molar-refractivity contribution in [2.45, 2.75) is 104 Å². The van der Waals surface area contributed by atoms with Crippen molar-refractivity contribution in [1.82, 2.24) is 0 Å². The van der Waals surface area contributed by atoms with Crippen LogP contribution in [0.5, 0.6) is 0 Å². The molecule has 0 heterocycles. The average molecular weight is 603 g/mol. The van der Waals surface area contributed by atoms with Crippen LogP contribution < -0.4 is 0 Å². The van der Waals surface area contributed by atoms with Gasteiger partial charge in [0.15, 0.2) is 0 Å². The standard InChI is InChI=1S/C37H46O3S2/c1-3-4-5-6-7-8-9-10-11-14-21-33-22-19-20-27-37(33)42(38,39)40-41(34-23-15-12-16-24-34,35-25-17-13-18-26-35)36-30-28-32(2)29-31-36/h12-13,15-20,22-31H,3-11,14,21H2,1-2H3. The summed E-state index contributed by atoms with van der Waals surface area (Å²) in [6.45, 7) is 4.29. The van der Waals surface area contributed by atoms with E-state index in [9.17, 15) is 8.42 Å².